The van der Waals surface area contributed by atoms with Crippen LogP contribution in [0.5, 0.6) is 0 Å². The van der Waals surface area contributed by atoms with Gasteiger partial charge >= 0.3 is 0 Å². The Morgan fingerprint density at radius 3 is 2.22 bits per heavy atom. The molecule has 0 aromatic carbocycles. The Morgan fingerprint density at radius 2 is 2.00 bits per heavy atom. The van der Waals surface area contributed by atoms with Gasteiger partial charge in [0.05, 0.1) is 0 Å². The minimum absolute atomic E-state index is 1.00. The topological polar surface area (TPSA) is 20.2 Å². The van der Waals surface area contributed by atoms with Crippen molar-refractivity contribution in [3.05, 3.63) is 11.6 Å². The SMILES string of the molecule is CC1=CCCCC1.CO. The third kappa shape index (κ3) is 4.22. The van der Waals surface area contributed by atoms with Gasteiger partial charge in [-0.25, -0.2) is 0 Å². The molecule has 0 fully saturated rings. The third-order valence-electron chi connectivity index (χ3n) is 1.52. The fraction of sp³-hybridized carbons (Fsp3) is 0.750. The fourth-order valence-electron chi connectivity index (χ4n) is 0.999. The second kappa shape index (κ2) is 5.83. The van der Waals surface area contributed by atoms with Gasteiger partial charge in [0, 0.05) is 7.11 Å². The molecular weight excluding hydrogens is 112 g/mol. The lowest BCUT2D eigenvalue weighted by Gasteiger charge is -2.05. The highest BCUT2D eigenvalue weighted by molar-refractivity contribution is 5.00. The molecule has 0 heterocycles. The van der Waals surface area contributed by atoms with Crippen LogP contribution in [0.1, 0.15) is 32.6 Å². The van der Waals surface area contributed by atoms with Crippen LogP contribution in [0.15, 0.2) is 11.6 Å². The molecule has 1 aliphatic carbocycles. The summed E-state index contributed by atoms with van der Waals surface area (Å²) in [4.78, 5) is 0. The van der Waals surface area contributed by atoms with Gasteiger partial charge in [0.2, 0.25) is 0 Å². The second-order valence-electron chi connectivity index (χ2n) is 2.30. The summed E-state index contributed by atoms with van der Waals surface area (Å²) in [5.41, 5.74) is 1.59. The molecule has 1 aliphatic rings. The molecule has 54 valence electrons. The van der Waals surface area contributed by atoms with Crippen LogP contribution in [0.4, 0.5) is 0 Å². The summed E-state index contributed by atoms with van der Waals surface area (Å²) >= 11 is 0. The molecule has 0 aromatic rings. The van der Waals surface area contributed by atoms with Crippen molar-refractivity contribution in [2.45, 2.75) is 32.6 Å². The van der Waals surface area contributed by atoms with Gasteiger partial charge in [-0.1, -0.05) is 11.6 Å². The van der Waals surface area contributed by atoms with Crippen molar-refractivity contribution in [2.24, 2.45) is 0 Å². The van der Waals surface area contributed by atoms with E-state index in [0.29, 0.717) is 0 Å². The Morgan fingerprint density at radius 1 is 1.33 bits per heavy atom. The average Bonchev–Trinajstić information content (AvgIpc) is 1.94. The lowest BCUT2D eigenvalue weighted by atomic mass is 10.0. The van der Waals surface area contributed by atoms with E-state index in [1.807, 2.05) is 0 Å². The quantitative estimate of drug-likeness (QED) is 0.495. The number of aliphatic hydroxyl groups is 1. The molecular formula is C8H16O. The van der Waals surface area contributed by atoms with Crippen molar-refractivity contribution < 1.29 is 5.11 Å². The number of hydrogen-bond donors (Lipinski definition) is 1. The molecule has 0 saturated heterocycles. The van der Waals surface area contributed by atoms with E-state index in [9.17, 15) is 0 Å². The molecule has 0 unspecified atom stereocenters. The van der Waals surface area contributed by atoms with Crippen LogP contribution < -0.4 is 0 Å². The largest absolute Gasteiger partial charge is 0.400 e. The first-order valence-electron chi connectivity index (χ1n) is 3.50. The van der Waals surface area contributed by atoms with Crippen LogP contribution in [0, 0.1) is 0 Å². The molecule has 1 nitrogen and oxygen atoms in total. The second-order valence-corrected chi connectivity index (χ2v) is 2.30. The summed E-state index contributed by atoms with van der Waals surface area (Å²) in [6.07, 6.45) is 7.86. The summed E-state index contributed by atoms with van der Waals surface area (Å²) in [6, 6.07) is 0. The maximum atomic E-state index is 7.00. The maximum Gasteiger partial charge on any atom is 0.0319 e. The zero-order valence-corrected chi connectivity index (χ0v) is 6.35. The Bertz CT molecular complexity index is 84.6. The van der Waals surface area contributed by atoms with E-state index in [2.05, 4.69) is 13.0 Å². The first-order chi connectivity index (χ1) is 4.39. The highest BCUT2D eigenvalue weighted by Crippen LogP contribution is 2.15. The smallest absolute Gasteiger partial charge is 0.0319 e. The van der Waals surface area contributed by atoms with Gasteiger partial charge in [-0.3, -0.25) is 0 Å². The van der Waals surface area contributed by atoms with Crippen molar-refractivity contribution in [1.29, 1.82) is 0 Å². The van der Waals surface area contributed by atoms with Crippen molar-refractivity contribution in [3.63, 3.8) is 0 Å². The van der Waals surface area contributed by atoms with Gasteiger partial charge in [-0.15, -0.1) is 0 Å². The molecule has 0 aliphatic heterocycles. The number of allylic oxidation sites excluding steroid dienone is 2. The standard InChI is InChI=1S/C7H12.CH4O/c1-7-5-3-2-4-6-7;1-2/h5H,2-4,6H2,1H3;2H,1H3. The monoisotopic (exact) mass is 128 g/mol. The highest BCUT2D eigenvalue weighted by Gasteiger charge is 1.95. The summed E-state index contributed by atoms with van der Waals surface area (Å²) in [5, 5.41) is 7.00. The molecule has 0 amide bonds. The first kappa shape index (κ1) is 8.70. The van der Waals surface area contributed by atoms with Gasteiger partial charge in [0.25, 0.3) is 0 Å². The summed E-state index contributed by atoms with van der Waals surface area (Å²) < 4.78 is 0. The lowest BCUT2D eigenvalue weighted by molar-refractivity contribution is 0.399. The van der Waals surface area contributed by atoms with E-state index < -0.39 is 0 Å². The molecule has 0 radical (unpaired) electrons. The summed E-state index contributed by atoms with van der Waals surface area (Å²) in [6.45, 7) is 2.22. The van der Waals surface area contributed by atoms with E-state index in [-0.39, 0.29) is 0 Å². The third-order valence-corrected chi connectivity index (χ3v) is 1.52. The molecule has 1 N–H and O–H groups in total. The molecule has 0 saturated carbocycles. The zero-order valence-electron chi connectivity index (χ0n) is 6.35. The van der Waals surface area contributed by atoms with Crippen molar-refractivity contribution in [2.75, 3.05) is 7.11 Å². The molecule has 9 heavy (non-hydrogen) atoms. The molecule has 0 bridgehead atoms. The Hall–Kier alpha value is -0.300. The molecule has 1 heteroatoms. The predicted molar refractivity (Wildman–Crippen MR) is 40.4 cm³/mol. The zero-order chi connectivity index (χ0) is 7.11. The molecule has 0 atom stereocenters. The predicted octanol–water partition coefficient (Wildman–Crippen LogP) is 2.12. The minimum atomic E-state index is 1.00. The molecule has 0 aromatic heterocycles. The fourth-order valence-corrected chi connectivity index (χ4v) is 0.999. The van der Waals surface area contributed by atoms with Gasteiger partial charge < -0.3 is 5.11 Å². The van der Waals surface area contributed by atoms with Gasteiger partial charge in [0.15, 0.2) is 0 Å². The van der Waals surface area contributed by atoms with Crippen molar-refractivity contribution in [1.82, 2.24) is 0 Å². The van der Waals surface area contributed by atoms with E-state index >= 15 is 0 Å². The van der Waals surface area contributed by atoms with Gasteiger partial charge in [0.1, 0.15) is 0 Å². The van der Waals surface area contributed by atoms with Crippen LogP contribution in [-0.4, -0.2) is 12.2 Å². The summed E-state index contributed by atoms with van der Waals surface area (Å²) in [7, 11) is 1.00. The first-order valence-corrected chi connectivity index (χ1v) is 3.50. The van der Waals surface area contributed by atoms with Crippen LogP contribution in [0.2, 0.25) is 0 Å². The Balaban J connectivity index is 0.000000291. The van der Waals surface area contributed by atoms with E-state index in [0.717, 1.165) is 7.11 Å². The van der Waals surface area contributed by atoms with Crippen LogP contribution in [0.3, 0.4) is 0 Å². The maximum absolute atomic E-state index is 7.00. The number of aliphatic hydroxyl groups excluding tert-OH is 1. The Labute approximate surface area is 57.4 Å². The highest BCUT2D eigenvalue weighted by atomic mass is 16.2. The summed E-state index contributed by atoms with van der Waals surface area (Å²) in [5.74, 6) is 0. The normalized spacial score (nSPS) is 17.4. The van der Waals surface area contributed by atoms with Gasteiger partial charge in [-0.2, -0.15) is 0 Å². The van der Waals surface area contributed by atoms with Crippen LogP contribution in [-0.2, 0) is 0 Å². The van der Waals surface area contributed by atoms with Gasteiger partial charge in [-0.05, 0) is 32.6 Å². The van der Waals surface area contributed by atoms with Crippen LogP contribution >= 0.6 is 0 Å². The lowest BCUT2D eigenvalue weighted by Crippen LogP contribution is -1.85. The average molecular weight is 128 g/mol. The number of rotatable bonds is 0. The number of hydrogen-bond acceptors (Lipinski definition) is 1. The van der Waals surface area contributed by atoms with Crippen molar-refractivity contribution in [3.8, 4) is 0 Å². The van der Waals surface area contributed by atoms with E-state index in [4.69, 9.17) is 5.11 Å². The van der Waals surface area contributed by atoms with E-state index in [1.165, 1.54) is 25.7 Å². The Kier molecular flexibility index (Phi) is 5.64. The molecule has 0 spiro atoms. The molecule has 1 rings (SSSR count). The van der Waals surface area contributed by atoms with E-state index in [1.54, 1.807) is 5.57 Å². The van der Waals surface area contributed by atoms with Crippen molar-refractivity contribution >= 4 is 0 Å². The van der Waals surface area contributed by atoms with Crippen LogP contribution in [0.25, 0.3) is 0 Å². The minimum Gasteiger partial charge on any atom is -0.400 e.